The molecule has 0 atom stereocenters. The number of halogens is 15. The fourth-order valence-electron chi connectivity index (χ4n) is 4.88. The second-order valence-corrected chi connectivity index (χ2v) is 9.36. The van der Waals surface area contributed by atoms with Crippen molar-refractivity contribution in [3.63, 3.8) is 0 Å². The molecule has 0 saturated heterocycles. The number of methoxy groups -OCH3 is 1. The van der Waals surface area contributed by atoms with Crippen molar-refractivity contribution >= 4 is 18.2 Å². The predicted octanol–water partition coefficient (Wildman–Crippen LogP) is 7.61. The second kappa shape index (κ2) is 11.9. The number of hydrogen-bond acceptors (Lipinski definition) is 4. The van der Waals surface area contributed by atoms with Crippen molar-refractivity contribution in [1.82, 2.24) is 4.98 Å². The van der Waals surface area contributed by atoms with Gasteiger partial charge >= 0.3 is 7.32 Å². The van der Waals surface area contributed by atoms with Gasteiger partial charge in [-0.1, -0.05) is 0 Å². The second-order valence-electron chi connectivity index (χ2n) is 9.36. The van der Waals surface area contributed by atoms with Crippen molar-refractivity contribution < 1.29 is 85.3 Å². The Kier molecular flexibility index (Phi) is 8.49. The summed E-state index contributed by atoms with van der Waals surface area (Å²) >= 11 is 0. The van der Waals surface area contributed by atoms with E-state index in [0.717, 1.165) is 0 Å². The molecule has 1 aromatic heterocycles. The number of H-pyrrole nitrogens is 1. The van der Waals surface area contributed by atoms with Crippen LogP contribution in [-0.2, 0) is 0 Å². The van der Waals surface area contributed by atoms with Crippen LogP contribution in [0.1, 0.15) is 0 Å². The highest BCUT2D eigenvalue weighted by molar-refractivity contribution is 6.34. The van der Waals surface area contributed by atoms with Gasteiger partial charge in [0.25, 0.3) is 0 Å². The third-order valence-electron chi connectivity index (χ3n) is 6.83. The van der Waals surface area contributed by atoms with Crippen molar-refractivity contribution in [3.8, 4) is 45.0 Å². The molecule has 252 valence electrons. The molecule has 0 saturated carbocycles. The minimum atomic E-state index is -3.03. The number of hydrogen-bond donors (Lipinski definition) is 3. The van der Waals surface area contributed by atoms with Gasteiger partial charge in [-0.3, -0.25) is 0 Å². The SMILES string of the molecule is COc1c(-c2c(F)c(F)c(F)c(F)c2F)c(-c2c(F)c(F)c(F)c(F)c2F)cc2[nH]c(OB(O)O)c(-c3c(F)c(F)c(F)c(F)c3F)c12. The van der Waals surface area contributed by atoms with E-state index in [-0.39, 0.29) is 6.07 Å². The zero-order valence-electron chi connectivity index (χ0n) is 22.5. The van der Waals surface area contributed by atoms with E-state index in [2.05, 4.69) is 4.65 Å². The van der Waals surface area contributed by atoms with Crippen molar-refractivity contribution in [2.75, 3.05) is 7.11 Å². The van der Waals surface area contributed by atoms with Crippen LogP contribution < -0.4 is 9.39 Å². The summed E-state index contributed by atoms with van der Waals surface area (Å²) in [6.45, 7) is 0. The van der Waals surface area contributed by atoms with E-state index in [0.29, 0.717) is 7.11 Å². The summed E-state index contributed by atoms with van der Waals surface area (Å²) in [5, 5.41) is 17.5. The zero-order chi connectivity index (χ0) is 35.8. The summed E-state index contributed by atoms with van der Waals surface area (Å²) in [5.41, 5.74) is -12.4. The highest BCUT2D eigenvalue weighted by Gasteiger charge is 2.38. The Labute approximate surface area is 254 Å². The molecule has 0 bridgehead atoms. The molecule has 0 unspecified atom stereocenters. The van der Waals surface area contributed by atoms with Crippen LogP contribution in [0.25, 0.3) is 44.3 Å². The topological polar surface area (TPSA) is 74.7 Å². The van der Waals surface area contributed by atoms with Crippen molar-refractivity contribution in [2.45, 2.75) is 0 Å². The van der Waals surface area contributed by atoms with Crippen LogP contribution in [0.15, 0.2) is 6.07 Å². The van der Waals surface area contributed by atoms with Crippen molar-refractivity contribution in [1.29, 1.82) is 0 Å². The number of aromatic amines is 1. The van der Waals surface area contributed by atoms with Gasteiger partial charge in [0.2, 0.25) is 17.5 Å². The molecular formula is C27H7BF15NO4. The molecule has 0 aliphatic rings. The van der Waals surface area contributed by atoms with E-state index in [1.807, 2.05) is 4.98 Å². The average Bonchev–Trinajstić information content (AvgIpc) is 3.39. The number of ether oxygens (including phenoxy) is 1. The lowest BCUT2D eigenvalue weighted by Gasteiger charge is -2.20. The summed E-state index contributed by atoms with van der Waals surface area (Å²) in [4.78, 5) is 1.91. The molecule has 0 amide bonds. The van der Waals surface area contributed by atoms with Crippen LogP contribution in [0.3, 0.4) is 0 Å². The Morgan fingerprint density at radius 3 is 1.17 bits per heavy atom. The summed E-state index contributed by atoms with van der Waals surface area (Å²) in [7, 11) is -2.59. The van der Waals surface area contributed by atoms with Gasteiger partial charge in [-0.2, -0.15) is 0 Å². The molecule has 4 aromatic carbocycles. The molecule has 3 N–H and O–H groups in total. The van der Waals surface area contributed by atoms with Gasteiger partial charge in [0.15, 0.2) is 75.7 Å². The third kappa shape index (κ3) is 4.78. The molecule has 5 nitrogen and oxygen atoms in total. The molecule has 0 aliphatic carbocycles. The minimum absolute atomic E-state index is 0.107. The van der Waals surface area contributed by atoms with Gasteiger partial charge in [-0.25, -0.2) is 65.9 Å². The fraction of sp³-hybridized carbons (Fsp3) is 0.0370. The smallest absolute Gasteiger partial charge is 0.498 e. The molecule has 0 spiro atoms. The first-order valence-corrected chi connectivity index (χ1v) is 12.2. The first kappa shape index (κ1) is 34.3. The summed E-state index contributed by atoms with van der Waals surface area (Å²) < 4.78 is 228. The van der Waals surface area contributed by atoms with Crippen LogP contribution in [-0.4, -0.2) is 29.5 Å². The van der Waals surface area contributed by atoms with E-state index in [4.69, 9.17) is 4.74 Å². The zero-order valence-corrected chi connectivity index (χ0v) is 22.5. The van der Waals surface area contributed by atoms with E-state index in [1.54, 1.807) is 0 Å². The van der Waals surface area contributed by atoms with Crippen LogP contribution in [0.2, 0.25) is 0 Å². The highest BCUT2D eigenvalue weighted by atomic mass is 19.2. The first-order valence-electron chi connectivity index (χ1n) is 12.2. The maximum Gasteiger partial charge on any atom is 0.708 e. The van der Waals surface area contributed by atoms with E-state index in [9.17, 15) is 49.6 Å². The third-order valence-corrected chi connectivity index (χ3v) is 6.83. The number of rotatable bonds is 6. The largest absolute Gasteiger partial charge is 0.708 e. The average molecular weight is 705 g/mol. The molecular weight excluding hydrogens is 698 g/mol. The number of nitrogens with one attached hydrogen (secondary N) is 1. The normalized spacial score (nSPS) is 11.5. The van der Waals surface area contributed by atoms with Crippen molar-refractivity contribution in [2.24, 2.45) is 0 Å². The molecule has 0 radical (unpaired) electrons. The molecule has 5 aromatic rings. The fourth-order valence-corrected chi connectivity index (χ4v) is 4.88. The van der Waals surface area contributed by atoms with E-state index < -0.39 is 150 Å². The van der Waals surface area contributed by atoms with E-state index in [1.165, 1.54) is 0 Å². The summed E-state index contributed by atoms with van der Waals surface area (Å²) in [6.07, 6.45) is 0. The highest BCUT2D eigenvalue weighted by Crippen LogP contribution is 2.53. The van der Waals surface area contributed by atoms with Gasteiger partial charge in [-0.05, 0) is 6.07 Å². The van der Waals surface area contributed by atoms with Crippen molar-refractivity contribution in [3.05, 3.63) is 93.3 Å². The molecule has 5 rings (SSSR count). The lowest BCUT2D eigenvalue weighted by Crippen LogP contribution is -2.21. The molecule has 48 heavy (non-hydrogen) atoms. The van der Waals surface area contributed by atoms with Gasteiger partial charge in [0.05, 0.1) is 40.3 Å². The molecule has 1 heterocycles. The Bertz CT molecular complexity index is 2120. The van der Waals surface area contributed by atoms with Crippen LogP contribution in [0, 0.1) is 87.3 Å². The Hall–Kier alpha value is -5.05. The number of aromatic nitrogens is 1. The summed E-state index contributed by atoms with van der Waals surface area (Å²) in [6, 6.07) is 0.107. The maximum absolute atomic E-state index is 15.3. The predicted molar refractivity (Wildman–Crippen MR) is 131 cm³/mol. The molecule has 0 aliphatic heterocycles. The van der Waals surface area contributed by atoms with E-state index >= 15 is 26.3 Å². The maximum atomic E-state index is 15.3. The quantitative estimate of drug-likeness (QED) is 0.0737. The Morgan fingerprint density at radius 2 is 0.812 bits per heavy atom. The van der Waals surface area contributed by atoms with Crippen LogP contribution in [0.4, 0.5) is 65.9 Å². The lowest BCUT2D eigenvalue weighted by molar-refractivity contribution is 0.284. The monoisotopic (exact) mass is 705 g/mol. The van der Waals surface area contributed by atoms with Gasteiger partial charge in [-0.15, -0.1) is 0 Å². The molecule has 0 fully saturated rings. The molecule has 21 heteroatoms. The van der Waals surface area contributed by atoms with Crippen LogP contribution in [0.5, 0.6) is 11.6 Å². The van der Waals surface area contributed by atoms with Crippen LogP contribution >= 0.6 is 0 Å². The standard InChI is InChI=1S/C27H7BF15NO4/c1-47-26-5(9-13(31)19(37)24(42)20(38)14(9)32)3(6-11(29)17(35)23(41)18(36)12(6)30)2-4-7(26)8(27(44-4)48-28(45)46)10-15(33)21(39)25(43)22(40)16(10)34/h2,44-46H,1H3. The Balaban J connectivity index is 2.16. The number of fused-ring (bicyclic) bond motifs is 1. The lowest BCUT2D eigenvalue weighted by atomic mass is 9.88. The first-order chi connectivity index (χ1) is 22.4. The summed E-state index contributed by atoms with van der Waals surface area (Å²) in [5.74, 6) is -44.1. The number of benzene rings is 4. The Morgan fingerprint density at radius 1 is 0.479 bits per heavy atom. The minimum Gasteiger partial charge on any atom is -0.498 e. The van der Waals surface area contributed by atoms with Gasteiger partial charge in [0, 0.05) is 11.1 Å². The van der Waals surface area contributed by atoms with Gasteiger partial charge in [0.1, 0.15) is 5.75 Å². The van der Waals surface area contributed by atoms with Gasteiger partial charge < -0.3 is 24.4 Å².